The SMILES string of the molecule is CCCNc1nnc(Cn2c(CC)nc3ccccc32)s1. The average molecular weight is 301 g/mol. The van der Waals surface area contributed by atoms with E-state index in [1.54, 1.807) is 11.3 Å². The van der Waals surface area contributed by atoms with Gasteiger partial charge in [-0.05, 0) is 18.6 Å². The van der Waals surface area contributed by atoms with Crippen LogP contribution in [0.5, 0.6) is 0 Å². The van der Waals surface area contributed by atoms with Crippen LogP contribution in [-0.4, -0.2) is 26.3 Å². The summed E-state index contributed by atoms with van der Waals surface area (Å²) in [4.78, 5) is 4.69. The molecule has 3 rings (SSSR count). The van der Waals surface area contributed by atoms with Gasteiger partial charge in [0.1, 0.15) is 10.8 Å². The Morgan fingerprint density at radius 2 is 2.05 bits per heavy atom. The lowest BCUT2D eigenvalue weighted by molar-refractivity contribution is 0.740. The predicted molar refractivity (Wildman–Crippen MR) is 86.9 cm³/mol. The van der Waals surface area contributed by atoms with Gasteiger partial charge in [-0.25, -0.2) is 4.98 Å². The molecule has 0 aliphatic carbocycles. The fourth-order valence-electron chi connectivity index (χ4n) is 2.33. The van der Waals surface area contributed by atoms with Crippen LogP contribution in [0.3, 0.4) is 0 Å². The minimum absolute atomic E-state index is 0.731. The number of aromatic nitrogens is 4. The summed E-state index contributed by atoms with van der Waals surface area (Å²) in [5.74, 6) is 1.09. The smallest absolute Gasteiger partial charge is 0.205 e. The molecule has 1 N–H and O–H groups in total. The Balaban J connectivity index is 1.88. The number of para-hydroxylation sites is 2. The first-order chi connectivity index (χ1) is 10.3. The van der Waals surface area contributed by atoms with Gasteiger partial charge in [-0.2, -0.15) is 0 Å². The normalized spacial score (nSPS) is 11.1. The first-order valence-corrected chi connectivity index (χ1v) is 8.13. The summed E-state index contributed by atoms with van der Waals surface area (Å²) in [5, 5.41) is 13.7. The third-order valence-electron chi connectivity index (χ3n) is 3.34. The van der Waals surface area contributed by atoms with E-state index < -0.39 is 0 Å². The van der Waals surface area contributed by atoms with E-state index in [1.165, 1.54) is 0 Å². The highest BCUT2D eigenvalue weighted by Gasteiger charge is 2.11. The fraction of sp³-hybridized carbons (Fsp3) is 0.400. The van der Waals surface area contributed by atoms with Crippen LogP contribution in [0.4, 0.5) is 5.13 Å². The van der Waals surface area contributed by atoms with Crippen LogP contribution < -0.4 is 5.32 Å². The van der Waals surface area contributed by atoms with Gasteiger partial charge in [-0.1, -0.05) is 37.3 Å². The molecule has 0 saturated carbocycles. The van der Waals surface area contributed by atoms with Crippen LogP contribution in [0, 0.1) is 0 Å². The van der Waals surface area contributed by atoms with E-state index >= 15 is 0 Å². The quantitative estimate of drug-likeness (QED) is 0.759. The second-order valence-electron chi connectivity index (χ2n) is 4.88. The Labute approximate surface area is 128 Å². The van der Waals surface area contributed by atoms with Gasteiger partial charge in [0.25, 0.3) is 0 Å². The maximum Gasteiger partial charge on any atom is 0.205 e. The highest BCUT2D eigenvalue weighted by Crippen LogP contribution is 2.21. The summed E-state index contributed by atoms with van der Waals surface area (Å²) in [5.41, 5.74) is 2.20. The lowest BCUT2D eigenvalue weighted by Gasteiger charge is -2.04. The molecule has 0 unspecified atom stereocenters. The van der Waals surface area contributed by atoms with Crippen LogP contribution in [0.2, 0.25) is 0 Å². The highest BCUT2D eigenvalue weighted by molar-refractivity contribution is 7.15. The van der Waals surface area contributed by atoms with E-state index in [2.05, 4.69) is 51.0 Å². The largest absolute Gasteiger partial charge is 0.360 e. The van der Waals surface area contributed by atoms with Gasteiger partial charge in [-0.15, -0.1) is 10.2 Å². The molecule has 21 heavy (non-hydrogen) atoms. The monoisotopic (exact) mass is 301 g/mol. The Hall–Kier alpha value is -1.95. The number of rotatable bonds is 6. The van der Waals surface area contributed by atoms with Gasteiger partial charge in [0, 0.05) is 13.0 Å². The van der Waals surface area contributed by atoms with Gasteiger partial charge in [-0.3, -0.25) is 0 Å². The van der Waals surface area contributed by atoms with Gasteiger partial charge in [0.2, 0.25) is 5.13 Å². The molecule has 0 aliphatic rings. The number of hydrogen-bond acceptors (Lipinski definition) is 5. The summed E-state index contributed by atoms with van der Waals surface area (Å²) in [6, 6.07) is 8.24. The van der Waals surface area contributed by atoms with Gasteiger partial charge >= 0.3 is 0 Å². The maximum atomic E-state index is 4.69. The van der Waals surface area contributed by atoms with Crippen molar-refractivity contribution in [2.45, 2.75) is 33.2 Å². The van der Waals surface area contributed by atoms with E-state index in [0.29, 0.717) is 0 Å². The van der Waals surface area contributed by atoms with Gasteiger partial charge in [0.15, 0.2) is 0 Å². The molecule has 110 valence electrons. The molecule has 3 aromatic rings. The Morgan fingerprint density at radius 1 is 1.19 bits per heavy atom. The second-order valence-corrected chi connectivity index (χ2v) is 5.95. The zero-order chi connectivity index (χ0) is 14.7. The molecule has 0 aliphatic heterocycles. The highest BCUT2D eigenvalue weighted by atomic mass is 32.1. The van der Waals surface area contributed by atoms with Crippen molar-refractivity contribution in [3.05, 3.63) is 35.1 Å². The number of nitrogens with zero attached hydrogens (tertiary/aromatic N) is 4. The lowest BCUT2D eigenvalue weighted by atomic mass is 10.3. The van der Waals surface area contributed by atoms with Gasteiger partial charge in [0.05, 0.1) is 17.6 Å². The summed E-state index contributed by atoms with van der Waals surface area (Å²) in [6.07, 6.45) is 2.00. The van der Waals surface area contributed by atoms with Crippen molar-refractivity contribution in [1.29, 1.82) is 0 Å². The maximum absolute atomic E-state index is 4.69. The van der Waals surface area contributed by atoms with Crippen molar-refractivity contribution >= 4 is 27.5 Å². The van der Waals surface area contributed by atoms with E-state index in [0.717, 1.165) is 52.9 Å². The summed E-state index contributed by atoms with van der Waals surface area (Å²) in [6.45, 7) is 5.93. The molecule has 0 spiro atoms. The van der Waals surface area contributed by atoms with Crippen LogP contribution in [0.15, 0.2) is 24.3 Å². The van der Waals surface area contributed by atoms with Crippen LogP contribution in [0.1, 0.15) is 31.1 Å². The third kappa shape index (κ3) is 2.90. The molecule has 5 nitrogen and oxygen atoms in total. The van der Waals surface area contributed by atoms with Crippen LogP contribution in [0.25, 0.3) is 11.0 Å². The van der Waals surface area contributed by atoms with Crippen molar-refractivity contribution in [2.75, 3.05) is 11.9 Å². The number of imidazole rings is 1. The number of aryl methyl sites for hydroxylation is 1. The first-order valence-electron chi connectivity index (χ1n) is 7.32. The molecule has 6 heteroatoms. The number of nitrogens with one attached hydrogen (secondary N) is 1. The average Bonchev–Trinajstić information content (AvgIpc) is 3.10. The Morgan fingerprint density at radius 3 is 2.86 bits per heavy atom. The van der Waals surface area contributed by atoms with E-state index in [9.17, 15) is 0 Å². The number of fused-ring (bicyclic) bond motifs is 1. The van der Waals surface area contributed by atoms with E-state index in [4.69, 9.17) is 0 Å². The minimum atomic E-state index is 0.731. The minimum Gasteiger partial charge on any atom is -0.360 e. The molecule has 0 amide bonds. The van der Waals surface area contributed by atoms with Crippen LogP contribution in [-0.2, 0) is 13.0 Å². The molecule has 0 radical (unpaired) electrons. The van der Waals surface area contributed by atoms with Crippen molar-refractivity contribution in [3.8, 4) is 0 Å². The van der Waals surface area contributed by atoms with E-state index in [-0.39, 0.29) is 0 Å². The molecule has 0 atom stereocenters. The molecule has 2 aromatic heterocycles. The number of hydrogen-bond donors (Lipinski definition) is 1. The topological polar surface area (TPSA) is 55.6 Å². The molecule has 0 saturated heterocycles. The Kier molecular flexibility index (Phi) is 4.15. The molecule has 1 aromatic carbocycles. The molecule has 0 fully saturated rings. The van der Waals surface area contributed by atoms with Crippen molar-refractivity contribution in [2.24, 2.45) is 0 Å². The van der Waals surface area contributed by atoms with Crippen LogP contribution >= 0.6 is 11.3 Å². The van der Waals surface area contributed by atoms with Gasteiger partial charge < -0.3 is 9.88 Å². The van der Waals surface area contributed by atoms with E-state index in [1.807, 2.05) is 12.1 Å². The number of benzene rings is 1. The van der Waals surface area contributed by atoms with Crippen molar-refractivity contribution in [1.82, 2.24) is 19.7 Å². The Bertz CT molecular complexity index is 731. The molecular weight excluding hydrogens is 282 g/mol. The second kappa shape index (κ2) is 6.22. The van der Waals surface area contributed by atoms with Crippen molar-refractivity contribution in [3.63, 3.8) is 0 Å². The third-order valence-corrected chi connectivity index (χ3v) is 4.20. The molecule has 2 heterocycles. The predicted octanol–water partition coefficient (Wildman–Crippen LogP) is 3.32. The lowest BCUT2D eigenvalue weighted by Crippen LogP contribution is -2.04. The summed E-state index contributed by atoms with van der Waals surface area (Å²) < 4.78 is 2.24. The summed E-state index contributed by atoms with van der Waals surface area (Å²) in [7, 11) is 0. The zero-order valence-electron chi connectivity index (χ0n) is 12.3. The first kappa shape index (κ1) is 14.0. The fourth-order valence-corrected chi connectivity index (χ4v) is 3.08. The number of anilines is 1. The standard InChI is InChI=1S/C15H19N5S/c1-3-9-16-15-19-18-14(21-15)10-20-12-8-6-5-7-11(12)17-13(20)4-2/h5-8H,3-4,9-10H2,1-2H3,(H,16,19). The zero-order valence-corrected chi connectivity index (χ0v) is 13.2. The summed E-state index contributed by atoms with van der Waals surface area (Å²) >= 11 is 1.62. The molecular formula is C15H19N5S. The molecule has 0 bridgehead atoms. The van der Waals surface area contributed by atoms with Crippen molar-refractivity contribution < 1.29 is 0 Å².